The number of fused-ring (bicyclic) bond motifs is 3. The Morgan fingerprint density at radius 2 is 1.74 bits per heavy atom. The molecule has 0 saturated heterocycles. The summed E-state index contributed by atoms with van der Waals surface area (Å²) in [5.41, 5.74) is 11.1. The number of pyridine rings is 2. The van der Waals surface area contributed by atoms with Gasteiger partial charge in [-0.2, -0.15) is 4.57 Å². The summed E-state index contributed by atoms with van der Waals surface area (Å²) in [6.45, 7) is 22.5. The van der Waals surface area contributed by atoms with Crippen LogP contribution in [0.5, 0.6) is 0 Å². The van der Waals surface area contributed by atoms with Crippen LogP contribution in [-0.4, -0.2) is 20.1 Å². The monoisotopic (exact) mass is 536 g/mol. The molecule has 1 N–H and O–H groups in total. The van der Waals surface area contributed by atoms with Crippen molar-refractivity contribution in [1.82, 2.24) is 10.3 Å². The van der Waals surface area contributed by atoms with Gasteiger partial charge in [-0.3, -0.25) is 4.98 Å². The van der Waals surface area contributed by atoms with E-state index in [0.29, 0.717) is 5.92 Å². The van der Waals surface area contributed by atoms with Crippen LogP contribution >= 0.6 is 0 Å². The smallest absolute Gasteiger partial charge is 0.213 e. The van der Waals surface area contributed by atoms with Crippen LogP contribution in [0.2, 0.25) is 19.6 Å². The first-order valence-corrected chi connectivity index (χ1v) is 17.9. The van der Waals surface area contributed by atoms with Crippen molar-refractivity contribution in [2.75, 3.05) is 7.05 Å². The van der Waals surface area contributed by atoms with E-state index >= 15 is 0 Å². The van der Waals surface area contributed by atoms with Gasteiger partial charge in [0.1, 0.15) is 0 Å². The SMILES string of the molecule is C=C(/C=C\CC)CCC1c2ccccc2-c2cc(-c3cc(C)nc(C)c3)c([Si](C)(C)C)c[n+]2C1CC(=C)NC. The second-order valence-corrected chi connectivity index (χ2v) is 17.1. The van der Waals surface area contributed by atoms with E-state index < -0.39 is 8.07 Å². The molecule has 4 heteroatoms. The van der Waals surface area contributed by atoms with Crippen LogP contribution < -0.4 is 15.1 Å². The third-order valence-corrected chi connectivity index (χ3v) is 9.97. The summed E-state index contributed by atoms with van der Waals surface area (Å²) in [5, 5.41) is 4.83. The normalized spacial score (nSPS) is 16.6. The number of hydrogen-bond acceptors (Lipinski definition) is 2. The fourth-order valence-electron chi connectivity index (χ4n) is 5.99. The number of allylic oxidation sites excluding steroid dienone is 4. The van der Waals surface area contributed by atoms with Crippen LogP contribution in [0, 0.1) is 13.8 Å². The Labute approximate surface area is 237 Å². The number of rotatable bonds is 10. The van der Waals surface area contributed by atoms with Crippen molar-refractivity contribution in [2.45, 2.75) is 78.1 Å². The van der Waals surface area contributed by atoms with Gasteiger partial charge in [-0.1, -0.05) is 75.6 Å². The van der Waals surface area contributed by atoms with Crippen molar-refractivity contribution in [3.63, 3.8) is 0 Å². The van der Waals surface area contributed by atoms with Gasteiger partial charge in [0.15, 0.2) is 12.2 Å². The Balaban J connectivity index is 1.94. The zero-order chi connectivity index (χ0) is 28.3. The fourth-order valence-corrected chi connectivity index (χ4v) is 7.54. The standard InChI is InChI=1S/C35H46N3Si/c1-10-11-14-24(2)17-18-31-29-15-12-13-16-30(29)34-22-32(28-19-26(4)37-27(5)20-28)35(39(7,8)9)23-38(34)33(31)21-25(3)36-6/h11-16,19-20,22-23,31,33,36H,2-3,10,17-18,21H2,1,4-9H3/q+1/b14-11-. The summed E-state index contributed by atoms with van der Waals surface area (Å²) in [5.74, 6) is 0.376. The first-order valence-electron chi connectivity index (χ1n) is 14.4. The van der Waals surface area contributed by atoms with E-state index in [9.17, 15) is 0 Å². The molecule has 204 valence electrons. The van der Waals surface area contributed by atoms with Crippen LogP contribution in [0.1, 0.15) is 61.5 Å². The van der Waals surface area contributed by atoms with Crippen molar-refractivity contribution in [1.29, 1.82) is 0 Å². The number of aromatic nitrogens is 2. The van der Waals surface area contributed by atoms with E-state index in [-0.39, 0.29) is 6.04 Å². The lowest BCUT2D eigenvalue weighted by Gasteiger charge is -2.33. The first-order chi connectivity index (χ1) is 18.5. The van der Waals surface area contributed by atoms with Crippen molar-refractivity contribution in [3.05, 3.63) is 102 Å². The number of aryl methyl sites for hydroxylation is 2. The molecule has 1 aliphatic heterocycles. The molecule has 2 aromatic heterocycles. The minimum atomic E-state index is -1.70. The molecule has 3 heterocycles. The van der Waals surface area contributed by atoms with E-state index in [2.05, 4.69) is 129 Å². The highest BCUT2D eigenvalue weighted by atomic mass is 28.3. The van der Waals surface area contributed by atoms with Crippen LogP contribution in [0.4, 0.5) is 0 Å². The molecule has 0 fully saturated rings. The molecule has 0 saturated carbocycles. The molecule has 3 nitrogen and oxygen atoms in total. The zero-order valence-electron chi connectivity index (χ0n) is 25.1. The molecule has 39 heavy (non-hydrogen) atoms. The molecule has 1 aliphatic rings. The molecular formula is C35H46N3Si+. The lowest BCUT2D eigenvalue weighted by molar-refractivity contribution is -0.717. The number of nitrogens with zero attached hydrogens (tertiary/aromatic N) is 2. The Bertz CT molecular complexity index is 1390. The highest BCUT2D eigenvalue weighted by Gasteiger charge is 2.41. The fraction of sp³-hybridized carbons (Fsp3) is 0.371. The van der Waals surface area contributed by atoms with Crippen molar-refractivity contribution in [2.24, 2.45) is 0 Å². The summed E-state index contributed by atoms with van der Waals surface area (Å²) in [6.07, 6.45) is 10.9. The van der Waals surface area contributed by atoms with Gasteiger partial charge < -0.3 is 5.32 Å². The molecule has 3 aromatic rings. The molecule has 4 rings (SSSR count). The van der Waals surface area contributed by atoms with E-state index in [4.69, 9.17) is 0 Å². The molecule has 0 aliphatic carbocycles. The molecule has 0 radical (unpaired) electrons. The highest BCUT2D eigenvalue weighted by Crippen LogP contribution is 2.44. The van der Waals surface area contributed by atoms with E-state index in [1.165, 1.54) is 38.7 Å². The quantitative estimate of drug-likeness (QED) is 0.162. The van der Waals surface area contributed by atoms with Gasteiger partial charge in [-0.25, -0.2) is 0 Å². The Morgan fingerprint density at radius 1 is 1.05 bits per heavy atom. The summed E-state index contributed by atoms with van der Waals surface area (Å²) < 4.78 is 2.60. The van der Waals surface area contributed by atoms with E-state index in [1.807, 2.05) is 7.05 Å². The maximum Gasteiger partial charge on any atom is 0.213 e. The van der Waals surface area contributed by atoms with Gasteiger partial charge in [0.05, 0.1) is 8.07 Å². The predicted molar refractivity (Wildman–Crippen MR) is 170 cm³/mol. The second kappa shape index (κ2) is 11.9. The topological polar surface area (TPSA) is 28.8 Å². The van der Waals surface area contributed by atoms with Crippen LogP contribution in [0.3, 0.4) is 0 Å². The Morgan fingerprint density at radius 3 is 2.38 bits per heavy atom. The Kier molecular flexibility index (Phi) is 8.75. The van der Waals surface area contributed by atoms with Crippen molar-refractivity contribution >= 4 is 13.3 Å². The average Bonchev–Trinajstić information content (AvgIpc) is 2.89. The third-order valence-electron chi connectivity index (χ3n) is 7.95. The van der Waals surface area contributed by atoms with Gasteiger partial charge in [0.2, 0.25) is 5.69 Å². The number of benzene rings is 1. The van der Waals surface area contributed by atoms with Gasteiger partial charge in [0.25, 0.3) is 0 Å². The van der Waals surface area contributed by atoms with Gasteiger partial charge >= 0.3 is 0 Å². The summed E-state index contributed by atoms with van der Waals surface area (Å²) in [7, 11) is 0.288. The molecule has 0 bridgehead atoms. The second-order valence-electron chi connectivity index (χ2n) is 12.1. The predicted octanol–water partition coefficient (Wildman–Crippen LogP) is 7.93. The first kappa shape index (κ1) is 28.8. The summed E-state index contributed by atoms with van der Waals surface area (Å²) in [4.78, 5) is 4.67. The third kappa shape index (κ3) is 6.33. The molecule has 2 unspecified atom stereocenters. The molecule has 1 aromatic carbocycles. The zero-order valence-corrected chi connectivity index (χ0v) is 26.1. The summed E-state index contributed by atoms with van der Waals surface area (Å²) in [6, 6.07) is 16.3. The van der Waals surface area contributed by atoms with Crippen LogP contribution in [0.15, 0.2) is 85.2 Å². The minimum Gasteiger partial charge on any atom is -0.392 e. The molecular weight excluding hydrogens is 490 g/mol. The average molecular weight is 537 g/mol. The minimum absolute atomic E-state index is 0.280. The van der Waals surface area contributed by atoms with Gasteiger partial charge in [0, 0.05) is 53.3 Å². The number of hydrogen-bond donors (Lipinski definition) is 1. The molecule has 0 amide bonds. The highest BCUT2D eigenvalue weighted by molar-refractivity contribution is 6.89. The van der Waals surface area contributed by atoms with Crippen molar-refractivity contribution in [3.8, 4) is 22.4 Å². The maximum atomic E-state index is 4.67. The van der Waals surface area contributed by atoms with E-state index in [0.717, 1.165) is 42.8 Å². The largest absolute Gasteiger partial charge is 0.392 e. The lowest BCUT2D eigenvalue weighted by Crippen LogP contribution is -2.53. The maximum absolute atomic E-state index is 4.67. The summed E-state index contributed by atoms with van der Waals surface area (Å²) >= 11 is 0. The molecule has 0 spiro atoms. The lowest BCUT2D eigenvalue weighted by atomic mass is 9.78. The Hall–Kier alpha value is -3.24. The van der Waals surface area contributed by atoms with Crippen LogP contribution in [0.25, 0.3) is 22.4 Å². The van der Waals surface area contributed by atoms with Crippen molar-refractivity contribution < 1.29 is 4.57 Å². The van der Waals surface area contributed by atoms with Gasteiger partial charge in [-0.05, 0) is 68.0 Å². The van der Waals surface area contributed by atoms with Crippen LogP contribution in [-0.2, 0) is 0 Å². The van der Waals surface area contributed by atoms with Gasteiger partial charge in [-0.15, -0.1) is 0 Å². The molecule has 2 atom stereocenters. The van der Waals surface area contributed by atoms with E-state index in [1.54, 1.807) is 0 Å². The number of nitrogens with one attached hydrogen (secondary N) is 1.